The molecular formula is C20H38O4. The Morgan fingerprint density at radius 1 is 0.625 bits per heavy atom. The van der Waals surface area contributed by atoms with E-state index < -0.39 is 0 Å². The van der Waals surface area contributed by atoms with Crippen molar-refractivity contribution in [2.45, 2.75) is 91.9 Å². The van der Waals surface area contributed by atoms with Crippen molar-refractivity contribution in [2.24, 2.45) is 11.8 Å². The van der Waals surface area contributed by atoms with Crippen LogP contribution >= 0.6 is 0 Å². The van der Waals surface area contributed by atoms with Crippen molar-refractivity contribution in [3.05, 3.63) is 0 Å². The van der Waals surface area contributed by atoms with Gasteiger partial charge in [0.25, 0.3) is 0 Å². The van der Waals surface area contributed by atoms with Crippen LogP contribution in [0.15, 0.2) is 0 Å². The molecule has 0 saturated heterocycles. The molecule has 2 atom stereocenters. The van der Waals surface area contributed by atoms with Crippen molar-refractivity contribution >= 4 is 11.9 Å². The van der Waals surface area contributed by atoms with Crippen LogP contribution in [0.3, 0.4) is 0 Å². The summed E-state index contributed by atoms with van der Waals surface area (Å²) in [5.74, 6) is -0.305. The molecule has 0 aromatic rings. The molecule has 2 unspecified atom stereocenters. The summed E-state index contributed by atoms with van der Waals surface area (Å²) in [4.78, 5) is 24.2. The lowest BCUT2D eigenvalue weighted by atomic mass is 9.97. The van der Waals surface area contributed by atoms with E-state index in [1.165, 1.54) is 0 Å². The van der Waals surface area contributed by atoms with Crippen molar-refractivity contribution in [3.8, 4) is 0 Å². The molecule has 0 rings (SSSR count). The van der Waals surface area contributed by atoms with Crippen LogP contribution in [0.4, 0.5) is 0 Å². The molecule has 0 heterocycles. The Kier molecular flexibility index (Phi) is 14.8. The van der Waals surface area contributed by atoms with Crippen molar-refractivity contribution < 1.29 is 19.1 Å². The van der Waals surface area contributed by atoms with Crippen LogP contribution in [0.1, 0.15) is 91.9 Å². The molecule has 0 radical (unpaired) electrons. The van der Waals surface area contributed by atoms with Gasteiger partial charge in [-0.15, -0.1) is 0 Å². The van der Waals surface area contributed by atoms with Gasteiger partial charge in [0, 0.05) is 0 Å². The van der Waals surface area contributed by atoms with E-state index in [0.29, 0.717) is 0 Å². The Morgan fingerprint density at radius 2 is 1.00 bits per heavy atom. The average molecular weight is 343 g/mol. The van der Waals surface area contributed by atoms with E-state index in [2.05, 4.69) is 27.7 Å². The summed E-state index contributed by atoms with van der Waals surface area (Å²) >= 11 is 0. The molecule has 4 nitrogen and oxygen atoms in total. The number of carbonyl (C=O) groups is 2. The van der Waals surface area contributed by atoms with Gasteiger partial charge in [-0.3, -0.25) is 9.59 Å². The number of carbonyl (C=O) groups excluding carboxylic acids is 2. The first kappa shape index (κ1) is 22.9. The minimum absolute atomic E-state index is 0.0111. The highest BCUT2D eigenvalue weighted by Crippen LogP contribution is 2.18. The molecule has 4 heteroatoms. The SMILES string of the molecule is CCCCC(CCC)C(=O)OCCOC(=O)C(CCC)CCCC. The van der Waals surface area contributed by atoms with Crippen molar-refractivity contribution in [1.29, 1.82) is 0 Å². The first-order valence-corrected chi connectivity index (χ1v) is 9.93. The normalized spacial score (nSPS) is 13.3. The van der Waals surface area contributed by atoms with E-state index in [1.807, 2.05) is 0 Å². The van der Waals surface area contributed by atoms with Gasteiger partial charge >= 0.3 is 11.9 Å². The van der Waals surface area contributed by atoms with E-state index in [-0.39, 0.29) is 37.0 Å². The van der Waals surface area contributed by atoms with E-state index in [0.717, 1.165) is 64.2 Å². The third-order valence-corrected chi connectivity index (χ3v) is 4.33. The molecule has 142 valence electrons. The number of hydrogen-bond acceptors (Lipinski definition) is 4. The molecule has 0 fully saturated rings. The fourth-order valence-corrected chi connectivity index (χ4v) is 2.88. The molecule has 0 bridgehead atoms. The predicted molar refractivity (Wildman–Crippen MR) is 97.8 cm³/mol. The molecule has 0 aliphatic carbocycles. The monoisotopic (exact) mass is 342 g/mol. The zero-order chi connectivity index (χ0) is 18.2. The summed E-state index contributed by atoms with van der Waals surface area (Å²) in [5.41, 5.74) is 0. The lowest BCUT2D eigenvalue weighted by Crippen LogP contribution is -2.23. The number of ether oxygens (including phenoxy) is 2. The van der Waals surface area contributed by atoms with Crippen molar-refractivity contribution in [3.63, 3.8) is 0 Å². The number of hydrogen-bond donors (Lipinski definition) is 0. The van der Waals surface area contributed by atoms with Crippen molar-refractivity contribution in [1.82, 2.24) is 0 Å². The van der Waals surface area contributed by atoms with Crippen LogP contribution in [0.2, 0.25) is 0 Å². The summed E-state index contributed by atoms with van der Waals surface area (Å²) in [6.45, 7) is 8.75. The lowest BCUT2D eigenvalue weighted by molar-refractivity contribution is -0.158. The fraction of sp³-hybridized carbons (Fsp3) is 0.900. The topological polar surface area (TPSA) is 52.6 Å². The quantitative estimate of drug-likeness (QED) is 0.300. The first-order valence-electron chi connectivity index (χ1n) is 9.93. The summed E-state index contributed by atoms with van der Waals surface area (Å²) in [6.07, 6.45) is 9.74. The van der Waals surface area contributed by atoms with E-state index in [4.69, 9.17) is 9.47 Å². The first-order chi connectivity index (χ1) is 11.6. The number of unbranched alkanes of at least 4 members (excludes halogenated alkanes) is 2. The maximum Gasteiger partial charge on any atom is 0.309 e. The molecule has 0 N–H and O–H groups in total. The Labute approximate surface area is 148 Å². The molecule has 0 aliphatic heterocycles. The van der Waals surface area contributed by atoms with Crippen LogP contribution in [0.5, 0.6) is 0 Å². The Morgan fingerprint density at radius 3 is 1.29 bits per heavy atom. The average Bonchev–Trinajstić information content (AvgIpc) is 2.58. The lowest BCUT2D eigenvalue weighted by Gasteiger charge is -2.17. The zero-order valence-electron chi connectivity index (χ0n) is 16.3. The Balaban J connectivity index is 4.10. The molecule has 0 aromatic carbocycles. The third kappa shape index (κ3) is 10.7. The molecule has 0 aliphatic rings. The fourth-order valence-electron chi connectivity index (χ4n) is 2.88. The minimum Gasteiger partial charge on any atom is -0.462 e. The standard InChI is InChI=1S/C20H38O4/c1-5-9-13-17(11-7-3)19(21)23-15-16-24-20(22)18(12-8-4)14-10-6-2/h17-18H,5-16H2,1-4H3. The second kappa shape index (κ2) is 15.5. The van der Waals surface area contributed by atoms with Gasteiger partial charge in [0.15, 0.2) is 0 Å². The molecule has 0 amide bonds. The second-order valence-corrected chi connectivity index (χ2v) is 6.59. The van der Waals surface area contributed by atoms with Crippen LogP contribution in [0, 0.1) is 11.8 Å². The third-order valence-electron chi connectivity index (χ3n) is 4.33. The maximum absolute atomic E-state index is 12.1. The minimum atomic E-state index is -0.141. The smallest absolute Gasteiger partial charge is 0.309 e. The number of rotatable bonds is 15. The van der Waals surface area contributed by atoms with E-state index in [1.54, 1.807) is 0 Å². The largest absolute Gasteiger partial charge is 0.462 e. The van der Waals surface area contributed by atoms with Gasteiger partial charge in [0.2, 0.25) is 0 Å². The van der Waals surface area contributed by atoms with Gasteiger partial charge in [0.05, 0.1) is 11.8 Å². The molecule has 0 saturated carbocycles. The second-order valence-electron chi connectivity index (χ2n) is 6.59. The predicted octanol–water partition coefficient (Wildman–Crippen LogP) is 5.29. The molecular weight excluding hydrogens is 304 g/mol. The van der Waals surface area contributed by atoms with E-state index >= 15 is 0 Å². The molecule has 0 spiro atoms. The van der Waals surface area contributed by atoms with Crippen LogP contribution in [0.25, 0.3) is 0 Å². The summed E-state index contributed by atoms with van der Waals surface area (Å²) in [6, 6.07) is 0. The van der Waals surface area contributed by atoms with Gasteiger partial charge in [0.1, 0.15) is 13.2 Å². The molecule has 24 heavy (non-hydrogen) atoms. The van der Waals surface area contributed by atoms with Gasteiger partial charge in [-0.1, -0.05) is 66.2 Å². The Hall–Kier alpha value is -1.06. The highest BCUT2D eigenvalue weighted by atomic mass is 16.6. The van der Waals surface area contributed by atoms with Gasteiger partial charge < -0.3 is 9.47 Å². The van der Waals surface area contributed by atoms with Crippen LogP contribution in [-0.2, 0) is 19.1 Å². The van der Waals surface area contributed by atoms with E-state index in [9.17, 15) is 9.59 Å². The highest BCUT2D eigenvalue weighted by Gasteiger charge is 2.20. The van der Waals surface area contributed by atoms with Crippen LogP contribution < -0.4 is 0 Å². The Bertz CT molecular complexity index is 296. The van der Waals surface area contributed by atoms with Crippen LogP contribution in [-0.4, -0.2) is 25.2 Å². The summed E-state index contributed by atoms with van der Waals surface area (Å²) in [5, 5.41) is 0. The van der Waals surface area contributed by atoms with Gasteiger partial charge in [-0.2, -0.15) is 0 Å². The maximum atomic E-state index is 12.1. The summed E-state index contributed by atoms with van der Waals surface area (Å²) < 4.78 is 10.6. The van der Waals surface area contributed by atoms with Gasteiger partial charge in [-0.25, -0.2) is 0 Å². The number of esters is 2. The summed E-state index contributed by atoms with van der Waals surface area (Å²) in [7, 11) is 0. The molecule has 0 aromatic heterocycles. The van der Waals surface area contributed by atoms with Gasteiger partial charge in [-0.05, 0) is 25.7 Å². The van der Waals surface area contributed by atoms with Crippen molar-refractivity contribution in [2.75, 3.05) is 13.2 Å². The highest BCUT2D eigenvalue weighted by molar-refractivity contribution is 5.73. The zero-order valence-corrected chi connectivity index (χ0v) is 16.3.